The van der Waals surface area contributed by atoms with Crippen LogP contribution >= 0.6 is 0 Å². The van der Waals surface area contributed by atoms with Crippen LogP contribution < -0.4 is 0 Å². The van der Waals surface area contributed by atoms with Crippen LogP contribution in [0, 0.1) is 5.41 Å². The molecular weight excluding hydrogens is 472 g/mol. The zero-order valence-electron chi connectivity index (χ0n) is 21.2. The van der Waals surface area contributed by atoms with Crippen LogP contribution in [0.1, 0.15) is 47.1 Å². The van der Waals surface area contributed by atoms with E-state index in [1.165, 1.54) is 0 Å². The molecule has 1 saturated heterocycles. The first kappa shape index (κ1) is 26.5. The Morgan fingerprint density at radius 1 is 0.838 bits per heavy atom. The summed E-state index contributed by atoms with van der Waals surface area (Å²) in [4.78, 5) is 25.7. The summed E-state index contributed by atoms with van der Waals surface area (Å²) < 4.78 is 23.8. The van der Waals surface area contributed by atoms with Gasteiger partial charge in [-0.05, 0) is 29.8 Å². The van der Waals surface area contributed by atoms with Gasteiger partial charge in [-0.1, -0.05) is 87.5 Å². The predicted molar refractivity (Wildman–Crippen MR) is 137 cm³/mol. The lowest BCUT2D eigenvalue weighted by Crippen LogP contribution is -2.54. The van der Waals surface area contributed by atoms with Crippen molar-refractivity contribution in [3.05, 3.63) is 108 Å². The molecule has 0 radical (unpaired) electrons. The quantitative estimate of drug-likeness (QED) is 0.441. The van der Waals surface area contributed by atoms with Crippen LogP contribution in [0.2, 0.25) is 0 Å². The van der Waals surface area contributed by atoms with Crippen LogP contribution in [-0.2, 0) is 25.6 Å². The van der Waals surface area contributed by atoms with E-state index in [4.69, 9.17) is 18.9 Å². The Labute approximate surface area is 216 Å². The average molecular weight is 505 g/mol. The van der Waals surface area contributed by atoms with E-state index in [0.29, 0.717) is 11.1 Å². The second-order valence-electron chi connectivity index (χ2n) is 10.0. The van der Waals surface area contributed by atoms with E-state index in [9.17, 15) is 14.7 Å². The normalized spacial score (nSPS) is 23.4. The number of esters is 2. The molecule has 3 aromatic rings. The van der Waals surface area contributed by atoms with Crippen LogP contribution in [0.15, 0.2) is 91.0 Å². The molecule has 1 aliphatic heterocycles. The maximum absolute atomic E-state index is 13.1. The Balaban J connectivity index is 1.61. The van der Waals surface area contributed by atoms with Crippen molar-refractivity contribution in [1.82, 2.24) is 0 Å². The summed E-state index contributed by atoms with van der Waals surface area (Å²) in [6.07, 6.45) is -3.07. The Kier molecular flexibility index (Phi) is 8.07. The standard InChI is InChI=1S/C30H32O7/c1-29(2,3)30(33)26(34-19-21-13-7-4-8-14-21)25(36-28(32)23-17-11-6-12-18-23)24(37-30)20-35-27(31)22-15-9-5-10-16-22/h4-18,24-26,33H,19-20H2,1-3H3/t24-,25-,26+,30-/m1/s1. The smallest absolute Gasteiger partial charge is 0.338 e. The summed E-state index contributed by atoms with van der Waals surface area (Å²) in [5, 5.41) is 11.8. The Morgan fingerprint density at radius 2 is 1.35 bits per heavy atom. The predicted octanol–water partition coefficient (Wildman–Crippen LogP) is 4.79. The molecule has 0 amide bonds. The van der Waals surface area contributed by atoms with Gasteiger partial charge in [0.25, 0.3) is 0 Å². The van der Waals surface area contributed by atoms with E-state index in [-0.39, 0.29) is 13.2 Å². The van der Waals surface area contributed by atoms with Crippen molar-refractivity contribution < 1.29 is 33.6 Å². The van der Waals surface area contributed by atoms with Gasteiger partial charge in [-0.3, -0.25) is 0 Å². The second-order valence-corrected chi connectivity index (χ2v) is 10.0. The molecule has 4 rings (SSSR count). The summed E-state index contributed by atoms with van der Waals surface area (Å²) in [5.74, 6) is -2.99. The van der Waals surface area contributed by atoms with E-state index >= 15 is 0 Å². The minimum absolute atomic E-state index is 0.156. The van der Waals surface area contributed by atoms with Gasteiger partial charge in [0.2, 0.25) is 5.79 Å². The number of benzene rings is 3. The molecule has 0 unspecified atom stereocenters. The highest BCUT2D eigenvalue weighted by Crippen LogP contribution is 2.45. The lowest BCUT2D eigenvalue weighted by Gasteiger charge is -2.40. The highest BCUT2D eigenvalue weighted by molar-refractivity contribution is 5.90. The molecule has 37 heavy (non-hydrogen) atoms. The first-order valence-electron chi connectivity index (χ1n) is 12.2. The van der Waals surface area contributed by atoms with Gasteiger partial charge in [0.05, 0.1) is 17.7 Å². The number of rotatable bonds is 8. The Bertz CT molecular complexity index is 1170. The summed E-state index contributed by atoms with van der Waals surface area (Å²) in [6, 6.07) is 26.6. The van der Waals surface area contributed by atoms with E-state index in [2.05, 4.69) is 0 Å². The minimum atomic E-state index is -1.84. The van der Waals surface area contributed by atoms with E-state index in [1.807, 2.05) is 30.3 Å². The lowest BCUT2D eigenvalue weighted by atomic mass is 9.81. The number of ether oxygens (including phenoxy) is 4. The van der Waals surface area contributed by atoms with Crippen LogP contribution in [0.25, 0.3) is 0 Å². The molecule has 1 heterocycles. The third kappa shape index (κ3) is 6.07. The van der Waals surface area contributed by atoms with E-state index < -0.39 is 41.5 Å². The van der Waals surface area contributed by atoms with Gasteiger partial charge < -0.3 is 24.1 Å². The maximum atomic E-state index is 13.1. The minimum Gasteiger partial charge on any atom is -0.459 e. The summed E-state index contributed by atoms with van der Waals surface area (Å²) >= 11 is 0. The molecule has 4 atom stereocenters. The van der Waals surface area contributed by atoms with Gasteiger partial charge in [-0.25, -0.2) is 9.59 Å². The van der Waals surface area contributed by atoms with Gasteiger partial charge in [0, 0.05) is 5.41 Å². The number of hydrogen-bond acceptors (Lipinski definition) is 7. The Morgan fingerprint density at radius 3 is 1.89 bits per heavy atom. The number of carbonyl (C=O) groups is 2. The highest BCUT2D eigenvalue weighted by Gasteiger charge is 2.62. The van der Waals surface area contributed by atoms with Crippen LogP contribution in [0.3, 0.4) is 0 Å². The van der Waals surface area contributed by atoms with Crippen molar-refractivity contribution in [2.75, 3.05) is 6.61 Å². The van der Waals surface area contributed by atoms with Crippen LogP contribution in [0.5, 0.6) is 0 Å². The summed E-state index contributed by atoms with van der Waals surface area (Å²) in [7, 11) is 0. The topological polar surface area (TPSA) is 91.3 Å². The maximum Gasteiger partial charge on any atom is 0.338 e. The molecule has 0 aliphatic carbocycles. The van der Waals surface area contributed by atoms with Crippen molar-refractivity contribution in [3.63, 3.8) is 0 Å². The number of hydrogen-bond donors (Lipinski definition) is 1. The highest BCUT2D eigenvalue weighted by atomic mass is 16.7. The molecule has 3 aromatic carbocycles. The zero-order chi connectivity index (χ0) is 26.5. The summed E-state index contributed by atoms with van der Waals surface area (Å²) in [6.45, 7) is 5.33. The molecule has 1 aliphatic rings. The van der Waals surface area contributed by atoms with Crippen LogP contribution in [-0.4, -0.2) is 47.8 Å². The van der Waals surface area contributed by atoms with Gasteiger partial charge >= 0.3 is 11.9 Å². The lowest BCUT2D eigenvalue weighted by molar-refractivity contribution is -0.292. The van der Waals surface area contributed by atoms with Crippen molar-refractivity contribution >= 4 is 11.9 Å². The Hall–Kier alpha value is -3.52. The number of aliphatic hydroxyl groups is 1. The van der Waals surface area contributed by atoms with Gasteiger partial charge in [0.15, 0.2) is 12.2 Å². The van der Waals surface area contributed by atoms with Crippen molar-refractivity contribution in [2.24, 2.45) is 5.41 Å². The van der Waals surface area contributed by atoms with E-state index in [0.717, 1.165) is 5.56 Å². The van der Waals surface area contributed by atoms with Gasteiger partial charge in [0.1, 0.15) is 12.7 Å². The van der Waals surface area contributed by atoms with Crippen molar-refractivity contribution in [1.29, 1.82) is 0 Å². The fourth-order valence-corrected chi connectivity index (χ4v) is 4.20. The molecule has 1 N–H and O–H groups in total. The molecule has 0 bridgehead atoms. The van der Waals surface area contributed by atoms with Crippen molar-refractivity contribution in [3.8, 4) is 0 Å². The first-order chi connectivity index (χ1) is 17.7. The second kappa shape index (κ2) is 11.3. The average Bonchev–Trinajstić information content (AvgIpc) is 3.18. The molecule has 1 fully saturated rings. The molecular formula is C30H32O7. The molecule has 194 valence electrons. The van der Waals surface area contributed by atoms with Crippen LogP contribution in [0.4, 0.5) is 0 Å². The third-order valence-electron chi connectivity index (χ3n) is 6.37. The fourth-order valence-electron chi connectivity index (χ4n) is 4.20. The van der Waals surface area contributed by atoms with Gasteiger partial charge in [-0.2, -0.15) is 0 Å². The molecule has 0 saturated carbocycles. The largest absolute Gasteiger partial charge is 0.459 e. The molecule has 7 nitrogen and oxygen atoms in total. The summed E-state index contributed by atoms with van der Waals surface area (Å²) in [5.41, 5.74) is 0.770. The molecule has 7 heteroatoms. The van der Waals surface area contributed by atoms with E-state index in [1.54, 1.807) is 81.4 Å². The molecule has 0 aromatic heterocycles. The SMILES string of the molecule is CC(C)(C)[C@]1(O)O[C@H](COC(=O)c2ccccc2)[C@@H](OC(=O)c2ccccc2)[C@@H]1OCc1ccccc1. The fraction of sp³-hybridized carbons (Fsp3) is 0.333. The van der Waals surface area contributed by atoms with Gasteiger partial charge in [-0.15, -0.1) is 0 Å². The molecule has 0 spiro atoms. The number of carbonyl (C=O) groups excluding carboxylic acids is 2. The monoisotopic (exact) mass is 504 g/mol. The third-order valence-corrected chi connectivity index (χ3v) is 6.37. The van der Waals surface area contributed by atoms with Crippen molar-refractivity contribution in [2.45, 2.75) is 51.5 Å². The first-order valence-corrected chi connectivity index (χ1v) is 12.2. The zero-order valence-corrected chi connectivity index (χ0v) is 21.2.